The lowest BCUT2D eigenvalue weighted by molar-refractivity contribution is -0.0882. The van der Waals surface area contributed by atoms with Gasteiger partial charge < -0.3 is 19.3 Å². The van der Waals surface area contributed by atoms with Crippen LogP contribution < -0.4 is 0 Å². The Morgan fingerprint density at radius 2 is 1.06 bits per heavy atom. The Balaban J connectivity index is 1.87. The average Bonchev–Trinajstić information content (AvgIpc) is 2.90. The van der Waals surface area contributed by atoms with Crippen molar-refractivity contribution in [2.45, 2.75) is 18.3 Å². The molecule has 3 rings (SSSR count). The van der Waals surface area contributed by atoms with Gasteiger partial charge in [0.2, 0.25) is 0 Å². The topological polar surface area (TPSA) is 99.1 Å². The molecule has 7 heteroatoms. The number of carbonyl (C=O) groups is 3. The van der Waals surface area contributed by atoms with E-state index in [2.05, 4.69) is 6.58 Å². The molecule has 0 unspecified atom stereocenters. The third-order valence-electron chi connectivity index (χ3n) is 4.88. The van der Waals surface area contributed by atoms with E-state index in [0.717, 1.165) is 0 Å². The minimum absolute atomic E-state index is 0.232. The molecule has 7 nitrogen and oxygen atoms in total. The van der Waals surface area contributed by atoms with Crippen molar-refractivity contribution >= 4 is 17.9 Å². The Bertz CT molecular complexity index is 1100. The number of aliphatic hydroxyl groups excluding tert-OH is 1. The number of rotatable bonds is 10. The number of carbonyl (C=O) groups excluding carboxylic acids is 3. The zero-order chi connectivity index (χ0) is 24.3. The van der Waals surface area contributed by atoms with Crippen LogP contribution in [0.15, 0.2) is 104 Å². The monoisotopic (exact) mass is 460 g/mol. The Morgan fingerprint density at radius 3 is 1.44 bits per heavy atom. The quantitative estimate of drug-likeness (QED) is 0.279. The summed E-state index contributed by atoms with van der Waals surface area (Å²) < 4.78 is 16.6. The van der Waals surface area contributed by atoms with Crippen molar-refractivity contribution in [3.63, 3.8) is 0 Å². The molecule has 0 spiro atoms. The lowest BCUT2D eigenvalue weighted by Gasteiger charge is -2.30. The van der Waals surface area contributed by atoms with Gasteiger partial charge in [-0.25, -0.2) is 14.4 Å². The standard InChI is InChI=1S/C27H24O7/c1-2-22(32-25(29)19-12-6-3-7-13-19)24(34-27(31)21-16-10-5-11-17-21)23(18-28)33-26(30)20-14-8-4-9-15-20/h2-17,22-24,28H,1,18H2/t22-,23-,24+/m1/s1. The fourth-order valence-corrected chi connectivity index (χ4v) is 3.12. The molecule has 0 aliphatic heterocycles. The second-order valence-corrected chi connectivity index (χ2v) is 7.20. The molecule has 0 amide bonds. The summed E-state index contributed by atoms with van der Waals surface area (Å²) in [7, 11) is 0. The van der Waals surface area contributed by atoms with Gasteiger partial charge >= 0.3 is 17.9 Å². The van der Waals surface area contributed by atoms with Crippen LogP contribution in [0, 0.1) is 0 Å². The van der Waals surface area contributed by atoms with Gasteiger partial charge in [0.25, 0.3) is 0 Å². The van der Waals surface area contributed by atoms with Gasteiger partial charge in [-0.2, -0.15) is 0 Å². The molecule has 0 radical (unpaired) electrons. The fourth-order valence-electron chi connectivity index (χ4n) is 3.12. The average molecular weight is 460 g/mol. The molecule has 3 aromatic carbocycles. The molecule has 0 aromatic heterocycles. The van der Waals surface area contributed by atoms with Crippen molar-refractivity contribution < 1.29 is 33.7 Å². The molecular formula is C27H24O7. The maximum Gasteiger partial charge on any atom is 0.338 e. The van der Waals surface area contributed by atoms with Gasteiger partial charge in [0.05, 0.1) is 23.3 Å². The first kappa shape index (κ1) is 24.4. The summed E-state index contributed by atoms with van der Waals surface area (Å²) in [6, 6.07) is 24.5. The molecule has 0 bridgehead atoms. The van der Waals surface area contributed by atoms with E-state index in [9.17, 15) is 19.5 Å². The number of hydrogen-bond donors (Lipinski definition) is 1. The van der Waals surface area contributed by atoms with Crippen LogP contribution in [0.25, 0.3) is 0 Å². The van der Waals surface area contributed by atoms with Gasteiger partial charge in [0.1, 0.15) is 0 Å². The van der Waals surface area contributed by atoms with Crippen LogP contribution in [-0.2, 0) is 14.2 Å². The van der Waals surface area contributed by atoms with E-state index < -0.39 is 42.8 Å². The van der Waals surface area contributed by atoms with Gasteiger partial charge in [-0.05, 0) is 42.5 Å². The first-order valence-corrected chi connectivity index (χ1v) is 10.5. The molecule has 174 valence electrons. The molecule has 0 aliphatic carbocycles. The van der Waals surface area contributed by atoms with Crippen LogP contribution in [0.1, 0.15) is 31.1 Å². The van der Waals surface area contributed by atoms with E-state index in [4.69, 9.17) is 14.2 Å². The molecule has 0 fully saturated rings. The lowest BCUT2D eigenvalue weighted by Crippen LogP contribution is -2.46. The molecule has 34 heavy (non-hydrogen) atoms. The molecule has 0 saturated carbocycles. The zero-order valence-electron chi connectivity index (χ0n) is 18.3. The first-order chi connectivity index (χ1) is 16.5. The highest BCUT2D eigenvalue weighted by molar-refractivity contribution is 5.91. The number of aliphatic hydroxyl groups is 1. The van der Waals surface area contributed by atoms with E-state index in [1.807, 2.05) is 0 Å². The second kappa shape index (κ2) is 12.1. The number of ether oxygens (including phenoxy) is 3. The van der Waals surface area contributed by atoms with Crippen molar-refractivity contribution in [3.05, 3.63) is 120 Å². The number of hydrogen-bond acceptors (Lipinski definition) is 7. The van der Waals surface area contributed by atoms with Crippen LogP contribution in [0.5, 0.6) is 0 Å². The maximum atomic E-state index is 12.8. The zero-order valence-corrected chi connectivity index (χ0v) is 18.3. The minimum atomic E-state index is -1.37. The summed E-state index contributed by atoms with van der Waals surface area (Å²) in [5.74, 6) is -2.18. The van der Waals surface area contributed by atoms with E-state index in [-0.39, 0.29) is 16.7 Å². The molecule has 1 N–H and O–H groups in total. The van der Waals surface area contributed by atoms with Crippen LogP contribution >= 0.6 is 0 Å². The molecule has 0 saturated heterocycles. The normalized spacial score (nSPS) is 13.1. The van der Waals surface area contributed by atoms with Crippen LogP contribution in [-0.4, -0.2) is 47.9 Å². The largest absolute Gasteiger partial charge is 0.452 e. The van der Waals surface area contributed by atoms with E-state index in [1.54, 1.807) is 91.0 Å². The molecular weight excluding hydrogens is 436 g/mol. The van der Waals surface area contributed by atoms with Crippen LogP contribution in [0.3, 0.4) is 0 Å². The summed E-state index contributed by atoms with van der Waals surface area (Å²) in [5.41, 5.74) is 0.741. The molecule has 0 aliphatic rings. The van der Waals surface area contributed by atoms with Gasteiger partial charge in [0, 0.05) is 0 Å². The summed E-state index contributed by atoms with van der Waals surface area (Å²) >= 11 is 0. The third-order valence-corrected chi connectivity index (χ3v) is 4.88. The Hall–Kier alpha value is -4.23. The SMILES string of the molecule is C=C[C@@H](OC(=O)c1ccccc1)[C@H](OC(=O)c1ccccc1)[C@@H](CO)OC(=O)c1ccccc1. The van der Waals surface area contributed by atoms with Crippen molar-refractivity contribution in [2.75, 3.05) is 6.61 Å². The Labute approximate surface area is 197 Å². The summed E-state index contributed by atoms with van der Waals surface area (Å²) in [4.78, 5) is 38.1. The summed E-state index contributed by atoms with van der Waals surface area (Å²) in [6.07, 6.45) is -2.67. The highest BCUT2D eigenvalue weighted by atomic mass is 16.6. The minimum Gasteiger partial charge on any atom is -0.452 e. The number of esters is 3. The van der Waals surface area contributed by atoms with E-state index >= 15 is 0 Å². The maximum absolute atomic E-state index is 12.8. The van der Waals surface area contributed by atoms with E-state index in [0.29, 0.717) is 0 Å². The molecule has 0 heterocycles. The molecule has 3 aromatic rings. The van der Waals surface area contributed by atoms with E-state index in [1.165, 1.54) is 6.08 Å². The smallest absolute Gasteiger partial charge is 0.338 e. The van der Waals surface area contributed by atoms with Crippen molar-refractivity contribution in [1.82, 2.24) is 0 Å². The van der Waals surface area contributed by atoms with Gasteiger partial charge in [-0.1, -0.05) is 61.2 Å². The summed E-state index contributed by atoms with van der Waals surface area (Å²) in [5, 5.41) is 10.0. The predicted octanol–water partition coefficient (Wildman–Crippen LogP) is 3.84. The summed E-state index contributed by atoms with van der Waals surface area (Å²) in [6.45, 7) is 2.98. The van der Waals surface area contributed by atoms with Gasteiger partial charge in [-0.15, -0.1) is 0 Å². The second-order valence-electron chi connectivity index (χ2n) is 7.20. The first-order valence-electron chi connectivity index (χ1n) is 10.5. The van der Waals surface area contributed by atoms with Crippen LogP contribution in [0.2, 0.25) is 0 Å². The predicted molar refractivity (Wildman–Crippen MR) is 124 cm³/mol. The van der Waals surface area contributed by atoms with Crippen LogP contribution in [0.4, 0.5) is 0 Å². The Morgan fingerprint density at radius 1 is 0.676 bits per heavy atom. The Kier molecular flexibility index (Phi) is 8.71. The van der Waals surface area contributed by atoms with Gasteiger partial charge in [-0.3, -0.25) is 0 Å². The van der Waals surface area contributed by atoms with Gasteiger partial charge in [0.15, 0.2) is 18.3 Å². The highest BCUT2D eigenvalue weighted by Crippen LogP contribution is 2.19. The van der Waals surface area contributed by atoms with Crippen molar-refractivity contribution in [1.29, 1.82) is 0 Å². The molecule has 3 atom stereocenters. The third kappa shape index (κ3) is 6.40. The lowest BCUT2D eigenvalue weighted by atomic mass is 10.1. The van der Waals surface area contributed by atoms with Crippen molar-refractivity contribution in [3.8, 4) is 0 Å². The number of benzene rings is 3. The fraction of sp³-hybridized carbons (Fsp3) is 0.148. The van der Waals surface area contributed by atoms with Crippen molar-refractivity contribution in [2.24, 2.45) is 0 Å². The highest BCUT2D eigenvalue weighted by Gasteiger charge is 2.37.